The van der Waals surface area contributed by atoms with E-state index in [1.165, 1.54) is 10.4 Å². The maximum atomic E-state index is 6.49. The first-order valence-corrected chi connectivity index (χ1v) is 10.4. The SMILES string of the molecule is COC[C@@]1(C)CCc2c(sc3ncnc(Nc4cc5cn[nH]c5cc4Cl)c23)C1. The number of aryl methyl sites for hydroxylation is 1. The second kappa shape index (κ2) is 6.69. The highest BCUT2D eigenvalue weighted by atomic mass is 35.5. The van der Waals surface area contributed by atoms with E-state index in [2.05, 4.69) is 32.4 Å². The van der Waals surface area contributed by atoms with Crippen LogP contribution < -0.4 is 5.32 Å². The number of nitrogens with zero attached hydrogens (tertiary/aromatic N) is 3. The van der Waals surface area contributed by atoms with Gasteiger partial charge < -0.3 is 10.1 Å². The lowest BCUT2D eigenvalue weighted by Crippen LogP contribution is -2.29. The number of H-pyrrole nitrogens is 1. The summed E-state index contributed by atoms with van der Waals surface area (Å²) in [6, 6.07) is 3.87. The molecule has 2 N–H and O–H groups in total. The zero-order valence-corrected chi connectivity index (χ0v) is 17.2. The highest BCUT2D eigenvalue weighted by molar-refractivity contribution is 7.19. The van der Waals surface area contributed by atoms with Gasteiger partial charge in [-0.2, -0.15) is 5.10 Å². The van der Waals surface area contributed by atoms with Gasteiger partial charge in [0.25, 0.3) is 0 Å². The van der Waals surface area contributed by atoms with E-state index in [-0.39, 0.29) is 5.41 Å². The summed E-state index contributed by atoms with van der Waals surface area (Å²) in [6.07, 6.45) is 6.51. The van der Waals surface area contributed by atoms with Gasteiger partial charge >= 0.3 is 0 Å². The number of anilines is 2. The van der Waals surface area contributed by atoms with Crippen LogP contribution in [-0.4, -0.2) is 33.9 Å². The molecule has 1 aromatic carbocycles. The number of fused-ring (bicyclic) bond motifs is 4. The van der Waals surface area contributed by atoms with Crippen molar-refractivity contribution < 1.29 is 4.74 Å². The molecule has 28 heavy (non-hydrogen) atoms. The number of aromatic nitrogens is 4. The van der Waals surface area contributed by atoms with E-state index < -0.39 is 0 Å². The predicted molar refractivity (Wildman–Crippen MR) is 114 cm³/mol. The van der Waals surface area contributed by atoms with Crippen molar-refractivity contribution in [3.05, 3.63) is 40.1 Å². The second-order valence-electron chi connectivity index (χ2n) is 7.74. The average Bonchev–Trinajstić information content (AvgIpc) is 3.25. The molecule has 1 aliphatic carbocycles. The summed E-state index contributed by atoms with van der Waals surface area (Å²) in [7, 11) is 1.78. The fourth-order valence-corrected chi connectivity index (χ4v) is 5.72. The number of benzene rings is 1. The molecule has 1 atom stereocenters. The lowest BCUT2D eigenvalue weighted by molar-refractivity contribution is 0.0823. The largest absolute Gasteiger partial charge is 0.384 e. The molecule has 0 amide bonds. The summed E-state index contributed by atoms with van der Waals surface area (Å²) in [5, 5.41) is 13.2. The lowest BCUT2D eigenvalue weighted by atomic mass is 9.76. The van der Waals surface area contributed by atoms with Crippen LogP contribution in [0.25, 0.3) is 21.1 Å². The van der Waals surface area contributed by atoms with Crippen molar-refractivity contribution in [2.24, 2.45) is 5.41 Å². The fraction of sp³-hybridized carbons (Fsp3) is 0.350. The average molecular weight is 414 g/mol. The fourth-order valence-electron chi connectivity index (χ4n) is 4.10. The molecular formula is C20H20ClN5OS. The first-order valence-electron chi connectivity index (χ1n) is 9.20. The zero-order valence-electron chi connectivity index (χ0n) is 15.7. The Kier molecular flexibility index (Phi) is 4.26. The molecule has 1 aliphatic rings. The van der Waals surface area contributed by atoms with Gasteiger partial charge in [0.2, 0.25) is 0 Å². The summed E-state index contributed by atoms with van der Waals surface area (Å²) in [5.41, 5.74) is 3.26. The maximum Gasteiger partial charge on any atom is 0.142 e. The summed E-state index contributed by atoms with van der Waals surface area (Å²) >= 11 is 8.25. The smallest absolute Gasteiger partial charge is 0.142 e. The molecule has 0 saturated heterocycles. The number of thiophene rings is 1. The highest BCUT2D eigenvalue weighted by Crippen LogP contribution is 2.44. The first kappa shape index (κ1) is 17.8. The normalized spacial score (nSPS) is 19.2. The van der Waals surface area contributed by atoms with Gasteiger partial charge in [-0.25, -0.2) is 9.97 Å². The van der Waals surface area contributed by atoms with Crippen molar-refractivity contribution in [1.29, 1.82) is 0 Å². The molecule has 3 aromatic heterocycles. The molecule has 0 bridgehead atoms. The number of ether oxygens (including phenoxy) is 1. The summed E-state index contributed by atoms with van der Waals surface area (Å²) in [6.45, 7) is 3.08. The Labute approximate surface area is 171 Å². The second-order valence-corrected chi connectivity index (χ2v) is 9.23. The van der Waals surface area contributed by atoms with Gasteiger partial charge in [0.05, 0.1) is 34.4 Å². The summed E-state index contributed by atoms with van der Waals surface area (Å²) in [4.78, 5) is 11.5. The van der Waals surface area contributed by atoms with Crippen LogP contribution in [0.2, 0.25) is 5.02 Å². The van der Waals surface area contributed by atoms with Gasteiger partial charge in [-0.15, -0.1) is 11.3 Å². The van der Waals surface area contributed by atoms with E-state index in [1.807, 2.05) is 12.1 Å². The number of aromatic amines is 1. The monoisotopic (exact) mass is 413 g/mol. The molecule has 0 saturated carbocycles. The molecule has 0 radical (unpaired) electrons. The van der Waals surface area contributed by atoms with E-state index in [0.717, 1.165) is 58.5 Å². The molecule has 4 aromatic rings. The topological polar surface area (TPSA) is 75.7 Å². The molecule has 0 spiro atoms. The van der Waals surface area contributed by atoms with Gasteiger partial charge in [-0.3, -0.25) is 5.10 Å². The van der Waals surface area contributed by atoms with Crippen molar-refractivity contribution in [1.82, 2.24) is 20.2 Å². The van der Waals surface area contributed by atoms with Crippen molar-refractivity contribution in [3.63, 3.8) is 0 Å². The summed E-state index contributed by atoms with van der Waals surface area (Å²) < 4.78 is 5.46. The van der Waals surface area contributed by atoms with Crippen molar-refractivity contribution in [2.75, 3.05) is 19.0 Å². The summed E-state index contributed by atoms with van der Waals surface area (Å²) in [5.74, 6) is 0.808. The van der Waals surface area contributed by atoms with Crippen LogP contribution in [0.5, 0.6) is 0 Å². The number of nitrogens with one attached hydrogen (secondary N) is 2. The first-order chi connectivity index (χ1) is 13.6. The Morgan fingerprint density at radius 1 is 1.36 bits per heavy atom. The minimum Gasteiger partial charge on any atom is -0.384 e. The third-order valence-corrected chi connectivity index (χ3v) is 6.96. The number of methoxy groups -OCH3 is 1. The van der Waals surface area contributed by atoms with Gasteiger partial charge in [-0.05, 0) is 42.4 Å². The van der Waals surface area contributed by atoms with Crippen LogP contribution in [0.15, 0.2) is 24.7 Å². The van der Waals surface area contributed by atoms with Crippen LogP contribution in [0, 0.1) is 5.41 Å². The Bertz CT molecular complexity index is 1190. The van der Waals surface area contributed by atoms with Crippen LogP contribution >= 0.6 is 22.9 Å². The molecule has 3 heterocycles. The zero-order chi connectivity index (χ0) is 19.3. The van der Waals surface area contributed by atoms with Crippen LogP contribution in [0.4, 0.5) is 11.5 Å². The van der Waals surface area contributed by atoms with Crippen molar-refractivity contribution in [2.45, 2.75) is 26.2 Å². The quantitative estimate of drug-likeness (QED) is 0.486. The molecule has 0 aliphatic heterocycles. The van der Waals surface area contributed by atoms with E-state index in [4.69, 9.17) is 16.3 Å². The van der Waals surface area contributed by atoms with Crippen molar-refractivity contribution >= 4 is 55.6 Å². The van der Waals surface area contributed by atoms with E-state index in [0.29, 0.717) is 5.02 Å². The van der Waals surface area contributed by atoms with Gasteiger partial charge in [0.1, 0.15) is 17.0 Å². The van der Waals surface area contributed by atoms with Gasteiger partial charge in [0.15, 0.2) is 0 Å². The van der Waals surface area contributed by atoms with Crippen molar-refractivity contribution in [3.8, 4) is 0 Å². The van der Waals surface area contributed by atoms with E-state index in [1.54, 1.807) is 31.0 Å². The number of rotatable bonds is 4. The van der Waals surface area contributed by atoms with Crippen LogP contribution in [-0.2, 0) is 17.6 Å². The molecular weight excluding hydrogens is 394 g/mol. The van der Waals surface area contributed by atoms with Crippen LogP contribution in [0.1, 0.15) is 23.8 Å². The van der Waals surface area contributed by atoms with Gasteiger partial charge in [0, 0.05) is 17.4 Å². The lowest BCUT2D eigenvalue weighted by Gasteiger charge is -2.32. The molecule has 8 heteroatoms. The standard InChI is InChI=1S/C20H20ClN5OS/c1-20(9-27-2)4-3-12-16(7-20)28-19-17(12)18(22-10-23-19)25-15-5-11-8-24-26-14(11)6-13(15)21/h5-6,8,10H,3-4,7,9H2,1-2H3,(H,24,26)(H,22,23,25)/t20-/m0/s1. The Balaban J connectivity index is 1.57. The molecule has 0 fully saturated rings. The molecule has 144 valence electrons. The maximum absolute atomic E-state index is 6.49. The minimum absolute atomic E-state index is 0.180. The van der Waals surface area contributed by atoms with Crippen LogP contribution in [0.3, 0.4) is 0 Å². The Morgan fingerprint density at radius 2 is 2.25 bits per heavy atom. The Morgan fingerprint density at radius 3 is 3.11 bits per heavy atom. The third kappa shape index (κ3) is 2.94. The molecule has 5 rings (SSSR count). The number of hydrogen-bond acceptors (Lipinski definition) is 6. The molecule has 0 unspecified atom stereocenters. The number of halogens is 1. The van der Waals surface area contributed by atoms with E-state index in [9.17, 15) is 0 Å². The predicted octanol–water partition coefficient (Wildman–Crippen LogP) is 5.11. The highest BCUT2D eigenvalue weighted by Gasteiger charge is 2.33. The third-order valence-electron chi connectivity index (χ3n) is 5.51. The molecule has 6 nitrogen and oxygen atoms in total. The van der Waals surface area contributed by atoms with E-state index >= 15 is 0 Å². The van der Waals surface area contributed by atoms with Gasteiger partial charge in [-0.1, -0.05) is 18.5 Å². The number of hydrogen-bond donors (Lipinski definition) is 2. The minimum atomic E-state index is 0.180. The Hall–Kier alpha value is -2.22.